The lowest BCUT2D eigenvalue weighted by Crippen LogP contribution is -2.50. The fourth-order valence-corrected chi connectivity index (χ4v) is 3.35. The maximum atomic E-state index is 14.2. The molecule has 40 heavy (non-hydrogen) atoms. The molecule has 0 fully saturated rings. The number of aliphatic hydroxyl groups excluding tert-OH is 1. The summed E-state index contributed by atoms with van der Waals surface area (Å²) in [6, 6.07) is 16.3. The SMILES string of the molecule is OC(CN(Oc1cccc(C(F)(F)C(F)(F)C(F)(F)F)c1)c1cccc(OCCc2ccccc2)c1)C(F)(F)F. The summed E-state index contributed by atoms with van der Waals surface area (Å²) in [7, 11) is 0. The molecule has 0 amide bonds. The van der Waals surface area contributed by atoms with E-state index in [1.54, 1.807) is 0 Å². The highest BCUT2D eigenvalue weighted by molar-refractivity contribution is 5.50. The van der Waals surface area contributed by atoms with Gasteiger partial charge in [-0.15, -0.1) is 0 Å². The monoisotopic (exact) mass is 585 g/mol. The van der Waals surface area contributed by atoms with E-state index in [1.165, 1.54) is 24.3 Å². The summed E-state index contributed by atoms with van der Waals surface area (Å²) in [6.07, 6.45) is -14.3. The highest BCUT2D eigenvalue weighted by Crippen LogP contribution is 2.52. The van der Waals surface area contributed by atoms with Crippen LogP contribution in [0.3, 0.4) is 0 Å². The third-order valence-electron chi connectivity index (χ3n) is 5.49. The van der Waals surface area contributed by atoms with E-state index in [1.807, 2.05) is 30.3 Å². The molecule has 0 radical (unpaired) electrons. The number of hydrogen-bond donors (Lipinski definition) is 1. The van der Waals surface area contributed by atoms with Crippen LogP contribution in [0.4, 0.5) is 49.6 Å². The minimum atomic E-state index is -6.60. The van der Waals surface area contributed by atoms with Crippen LogP contribution >= 0.6 is 0 Å². The first-order valence-corrected chi connectivity index (χ1v) is 11.4. The van der Waals surface area contributed by atoms with Crippen molar-refractivity contribution in [3.8, 4) is 11.5 Å². The van der Waals surface area contributed by atoms with Crippen molar-refractivity contribution in [3.63, 3.8) is 0 Å². The van der Waals surface area contributed by atoms with Gasteiger partial charge in [-0.05, 0) is 29.8 Å². The molecule has 0 heterocycles. The van der Waals surface area contributed by atoms with Crippen LogP contribution in [0.25, 0.3) is 0 Å². The summed E-state index contributed by atoms with van der Waals surface area (Å²) in [5, 5.41) is 10.0. The predicted octanol–water partition coefficient (Wildman–Crippen LogP) is 7.32. The largest absolute Gasteiger partial charge is 0.493 e. The van der Waals surface area contributed by atoms with Crippen LogP contribution in [0.2, 0.25) is 0 Å². The fraction of sp³-hybridized carbons (Fsp3) is 0.308. The Morgan fingerprint density at radius 2 is 1.35 bits per heavy atom. The van der Waals surface area contributed by atoms with E-state index in [4.69, 9.17) is 9.57 Å². The van der Waals surface area contributed by atoms with Gasteiger partial charge in [0.25, 0.3) is 0 Å². The van der Waals surface area contributed by atoms with Crippen LogP contribution in [0, 0.1) is 0 Å². The number of benzene rings is 3. The Labute approximate surface area is 221 Å². The number of halogens is 10. The molecule has 0 bridgehead atoms. The number of rotatable bonds is 11. The van der Waals surface area contributed by atoms with Gasteiger partial charge in [0.05, 0.1) is 18.8 Å². The zero-order chi connectivity index (χ0) is 29.8. The smallest absolute Gasteiger partial charge is 0.460 e. The van der Waals surface area contributed by atoms with Gasteiger partial charge in [-0.1, -0.05) is 48.5 Å². The van der Waals surface area contributed by atoms with Gasteiger partial charge >= 0.3 is 24.2 Å². The summed E-state index contributed by atoms with van der Waals surface area (Å²) in [4.78, 5) is 5.19. The topological polar surface area (TPSA) is 41.9 Å². The Hall–Kier alpha value is -3.68. The van der Waals surface area contributed by atoms with Crippen LogP contribution in [0.1, 0.15) is 11.1 Å². The molecule has 3 aromatic carbocycles. The number of aliphatic hydroxyl groups is 1. The van der Waals surface area contributed by atoms with Gasteiger partial charge in [0.15, 0.2) is 11.9 Å². The van der Waals surface area contributed by atoms with E-state index >= 15 is 0 Å². The van der Waals surface area contributed by atoms with Crippen molar-refractivity contribution in [1.82, 2.24) is 0 Å². The molecule has 0 saturated heterocycles. The number of hydrogen-bond acceptors (Lipinski definition) is 4. The fourth-order valence-electron chi connectivity index (χ4n) is 3.35. The van der Waals surface area contributed by atoms with Crippen molar-refractivity contribution in [1.29, 1.82) is 0 Å². The Kier molecular flexibility index (Phi) is 9.12. The van der Waals surface area contributed by atoms with Crippen molar-refractivity contribution in [2.75, 3.05) is 18.2 Å². The molecule has 4 nitrogen and oxygen atoms in total. The standard InChI is InChI=1S/C26H21F10NO3/c27-23(28,25(32,33)26(34,35)36)18-8-4-11-21(14-18)40-37(16-22(38)24(29,30)31)19-9-5-10-20(15-19)39-13-12-17-6-2-1-3-7-17/h1-11,14-15,22,38H,12-13,16H2. The van der Waals surface area contributed by atoms with Crippen LogP contribution in [-0.4, -0.2) is 42.6 Å². The molecule has 1 N–H and O–H groups in total. The Balaban J connectivity index is 1.87. The first-order chi connectivity index (χ1) is 18.5. The van der Waals surface area contributed by atoms with E-state index in [2.05, 4.69) is 0 Å². The van der Waals surface area contributed by atoms with E-state index < -0.39 is 48.2 Å². The van der Waals surface area contributed by atoms with Crippen molar-refractivity contribution in [2.24, 2.45) is 0 Å². The van der Waals surface area contributed by atoms with Crippen molar-refractivity contribution in [2.45, 2.75) is 36.7 Å². The lowest BCUT2D eigenvalue weighted by atomic mass is 10.0. The Morgan fingerprint density at radius 3 is 1.98 bits per heavy atom. The molecular formula is C26H21F10NO3. The second-order valence-corrected chi connectivity index (χ2v) is 8.47. The van der Waals surface area contributed by atoms with E-state index in [-0.39, 0.29) is 30.2 Å². The normalized spacial score (nSPS) is 13.6. The van der Waals surface area contributed by atoms with Crippen LogP contribution in [0.5, 0.6) is 11.5 Å². The quantitative estimate of drug-likeness (QED) is 0.189. The third kappa shape index (κ3) is 7.29. The average Bonchev–Trinajstić information content (AvgIpc) is 2.88. The van der Waals surface area contributed by atoms with E-state index in [0.717, 1.165) is 11.6 Å². The number of nitrogens with zero attached hydrogens (tertiary/aromatic N) is 1. The first-order valence-electron chi connectivity index (χ1n) is 11.4. The second-order valence-electron chi connectivity index (χ2n) is 8.47. The van der Waals surface area contributed by atoms with E-state index in [0.29, 0.717) is 17.6 Å². The summed E-state index contributed by atoms with van der Waals surface area (Å²) in [6.45, 7) is -1.17. The van der Waals surface area contributed by atoms with Crippen molar-refractivity contribution in [3.05, 3.63) is 90.0 Å². The molecule has 1 atom stereocenters. The Morgan fingerprint density at radius 1 is 0.725 bits per heavy atom. The minimum absolute atomic E-state index is 0.132. The van der Waals surface area contributed by atoms with Crippen LogP contribution < -0.4 is 14.6 Å². The number of alkyl halides is 10. The molecule has 1 unspecified atom stereocenters. The maximum Gasteiger partial charge on any atom is 0.460 e. The molecule has 3 aromatic rings. The highest BCUT2D eigenvalue weighted by Gasteiger charge is 2.73. The minimum Gasteiger partial charge on any atom is -0.493 e. The predicted molar refractivity (Wildman–Crippen MR) is 123 cm³/mol. The molecule has 0 saturated carbocycles. The molecule has 0 aliphatic rings. The molecule has 0 aliphatic heterocycles. The second kappa shape index (κ2) is 11.8. The Bertz CT molecular complexity index is 1250. The van der Waals surface area contributed by atoms with Crippen molar-refractivity contribution >= 4 is 5.69 Å². The number of hydroxylamine groups is 1. The zero-order valence-corrected chi connectivity index (χ0v) is 20.2. The highest BCUT2D eigenvalue weighted by atomic mass is 19.4. The summed E-state index contributed by atoms with van der Waals surface area (Å²) < 4.78 is 138. The van der Waals surface area contributed by atoms with Crippen LogP contribution in [0.15, 0.2) is 78.9 Å². The summed E-state index contributed by atoms with van der Waals surface area (Å²) in [5.74, 6) is -12.9. The molecular weight excluding hydrogens is 564 g/mol. The first kappa shape index (κ1) is 30.9. The zero-order valence-electron chi connectivity index (χ0n) is 20.2. The summed E-state index contributed by atoms with van der Waals surface area (Å²) >= 11 is 0. The number of anilines is 1. The third-order valence-corrected chi connectivity index (χ3v) is 5.49. The number of ether oxygens (including phenoxy) is 1. The molecule has 218 valence electrons. The lowest BCUT2D eigenvalue weighted by molar-refractivity contribution is -0.359. The molecule has 0 spiro atoms. The van der Waals surface area contributed by atoms with Gasteiger partial charge < -0.3 is 14.7 Å². The van der Waals surface area contributed by atoms with Gasteiger partial charge in [0.2, 0.25) is 0 Å². The molecule has 3 rings (SSSR count). The molecule has 0 aliphatic carbocycles. The van der Waals surface area contributed by atoms with Gasteiger partial charge in [0, 0.05) is 18.1 Å². The van der Waals surface area contributed by atoms with Gasteiger partial charge in [-0.2, -0.15) is 43.9 Å². The average molecular weight is 585 g/mol. The molecule has 14 heteroatoms. The van der Waals surface area contributed by atoms with E-state index in [9.17, 15) is 49.0 Å². The summed E-state index contributed by atoms with van der Waals surface area (Å²) in [5.41, 5.74) is -1.05. The van der Waals surface area contributed by atoms with Crippen molar-refractivity contribution < 1.29 is 58.6 Å². The molecule has 0 aromatic heterocycles. The lowest BCUT2D eigenvalue weighted by Gasteiger charge is -2.30. The van der Waals surface area contributed by atoms with Gasteiger partial charge in [-0.25, -0.2) is 5.06 Å². The van der Waals surface area contributed by atoms with Crippen LogP contribution in [-0.2, 0) is 12.3 Å². The van der Waals surface area contributed by atoms with Gasteiger partial charge in [0.1, 0.15) is 5.75 Å². The maximum absolute atomic E-state index is 14.2. The van der Waals surface area contributed by atoms with Gasteiger partial charge in [-0.3, -0.25) is 0 Å².